The summed E-state index contributed by atoms with van der Waals surface area (Å²) in [5, 5.41) is 0. The lowest BCUT2D eigenvalue weighted by molar-refractivity contribution is 0.377. The van der Waals surface area contributed by atoms with Crippen LogP contribution in [-0.4, -0.2) is 45.5 Å². The molecule has 0 saturated carbocycles. The van der Waals surface area contributed by atoms with Gasteiger partial charge in [-0.2, -0.15) is 0 Å². The van der Waals surface area contributed by atoms with Crippen molar-refractivity contribution in [3.63, 3.8) is 0 Å². The van der Waals surface area contributed by atoms with E-state index in [0.717, 1.165) is 42.2 Å². The molecule has 3 heterocycles. The molecule has 108 valence electrons. The summed E-state index contributed by atoms with van der Waals surface area (Å²) in [6.45, 7) is 5.38. The van der Waals surface area contributed by atoms with Crippen LogP contribution in [0.15, 0.2) is 12.1 Å². The maximum atomic E-state index is 5.92. The fourth-order valence-electron chi connectivity index (χ4n) is 3.04. The van der Waals surface area contributed by atoms with Crippen LogP contribution in [0.4, 0.5) is 0 Å². The van der Waals surface area contributed by atoms with Gasteiger partial charge in [0.1, 0.15) is 11.3 Å². The second kappa shape index (κ2) is 5.70. The van der Waals surface area contributed by atoms with Gasteiger partial charge in [0.15, 0.2) is 5.65 Å². The zero-order chi connectivity index (χ0) is 14.1. The molecule has 0 radical (unpaired) electrons. The van der Waals surface area contributed by atoms with Crippen LogP contribution in [0.2, 0.25) is 0 Å². The summed E-state index contributed by atoms with van der Waals surface area (Å²) in [7, 11) is 2.19. The highest BCUT2D eigenvalue weighted by molar-refractivity contribution is 6.17. The largest absolute Gasteiger partial charge is 0.312 e. The molecule has 1 fully saturated rings. The Labute approximate surface area is 124 Å². The second-order valence-electron chi connectivity index (χ2n) is 5.79. The standard InChI is InChI=1S/C15H21ClN4/c1-11-3-4-13-15(17-11)20(14(18-13)5-7-16)10-12-6-8-19(2)9-12/h3-4,12H,5-10H2,1-2H3. The lowest BCUT2D eigenvalue weighted by Crippen LogP contribution is -2.18. The number of imidazole rings is 1. The predicted octanol–water partition coefficient (Wildman–Crippen LogP) is 2.47. The number of aryl methyl sites for hydroxylation is 2. The third-order valence-electron chi connectivity index (χ3n) is 4.06. The fraction of sp³-hybridized carbons (Fsp3) is 0.600. The molecule has 3 rings (SSSR count). The third kappa shape index (κ3) is 2.67. The minimum atomic E-state index is 0.604. The molecule has 0 aromatic carbocycles. The molecule has 4 nitrogen and oxygen atoms in total. The van der Waals surface area contributed by atoms with E-state index in [1.165, 1.54) is 13.0 Å². The predicted molar refractivity (Wildman–Crippen MR) is 82.3 cm³/mol. The minimum Gasteiger partial charge on any atom is -0.312 e. The number of hydrogen-bond donors (Lipinski definition) is 0. The van der Waals surface area contributed by atoms with Crippen LogP contribution in [-0.2, 0) is 13.0 Å². The molecule has 0 aliphatic carbocycles. The van der Waals surface area contributed by atoms with Gasteiger partial charge < -0.3 is 9.47 Å². The zero-order valence-corrected chi connectivity index (χ0v) is 12.9. The number of likely N-dealkylation sites (tertiary alicyclic amines) is 1. The van der Waals surface area contributed by atoms with E-state index in [1.807, 2.05) is 13.0 Å². The summed E-state index contributed by atoms with van der Waals surface area (Å²) < 4.78 is 2.29. The van der Waals surface area contributed by atoms with Crippen molar-refractivity contribution in [2.24, 2.45) is 5.92 Å². The average molecular weight is 293 g/mol. The van der Waals surface area contributed by atoms with E-state index < -0.39 is 0 Å². The third-order valence-corrected chi connectivity index (χ3v) is 4.25. The first kappa shape index (κ1) is 13.8. The molecule has 0 amide bonds. The van der Waals surface area contributed by atoms with Gasteiger partial charge in [-0.15, -0.1) is 11.6 Å². The van der Waals surface area contributed by atoms with Gasteiger partial charge in [-0.3, -0.25) is 0 Å². The Bertz CT molecular complexity index is 607. The van der Waals surface area contributed by atoms with E-state index in [9.17, 15) is 0 Å². The van der Waals surface area contributed by atoms with Crippen LogP contribution in [0.1, 0.15) is 17.9 Å². The number of pyridine rings is 1. The Hall–Kier alpha value is -1.13. The van der Waals surface area contributed by atoms with Crippen molar-refractivity contribution >= 4 is 22.8 Å². The molecule has 5 heteroatoms. The van der Waals surface area contributed by atoms with Crippen molar-refractivity contribution < 1.29 is 0 Å². The highest BCUT2D eigenvalue weighted by Crippen LogP contribution is 2.22. The monoisotopic (exact) mass is 292 g/mol. The highest BCUT2D eigenvalue weighted by atomic mass is 35.5. The zero-order valence-electron chi connectivity index (χ0n) is 12.1. The Morgan fingerprint density at radius 3 is 2.90 bits per heavy atom. The molecule has 1 unspecified atom stereocenters. The van der Waals surface area contributed by atoms with Crippen LogP contribution >= 0.6 is 11.6 Å². The first-order chi connectivity index (χ1) is 9.67. The van der Waals surface area contributed by atoms with E-state index in [4.69, 9.17) is 16.6 Å². The Balaban J connectivity index is 1.97. The van der Waals surface area contributed by atoms with Crippen molar-refractivity contribution in [1.29, 1.82) is 0 Å². The van der Waals surface area contributed by atoms with Gasteiger partial charge in [0.2, 0.25) is 0 Å². The molecule has 2 aromatic heterocycles. The van der Waals surface area contributed by atoms with Gasteiger partial charge in [0, 0.05) is 31.1 Å². The smallest absolute Gasteiger partial charge is 0.160 e. The molecule has 1 aliphatic rings. The fourth-order valence-corrected chi connectivity index (χ4v) is 3.21. The molecule has 0 spiro atoms. The van der Waals surface area contributed by atoms with Gasteiger partial charge in [-0.25, -0.2) is 9.97 Å². The maximum Gasteiger partial charge on any atom is 0.160 e. The summed E-state index contributed by atoms with van der Waals surface area (Å²) in [4.78, 5) is 11.8. The van der Waals surface area contributed by atoms with Gasteiger partial charge in [-0.1, -0.05) is 0 Å². The number of nitrogens with zero attached hydrogens (tertiary/aromatic N) is 4. The van der Waals surface area contributed by atoms with Gasteiger partial charge >= 0.3 is 0 Å². The molecule has 2 aromatic rings. The van der Waals surface area contributed by atoms with Gasteiger partial charge in [0.25, 0.3) is 0 Å². The lowest BCUT2D eigenvalue weighted by atomic mass is 10.1. The van der Waals surface area contributed by atoms with E-state index in [2.05, 4.69) is 27.6 Å². The van der Waals surface area contributed by atoms with E-state index >= 15 is 0 Å². The summed E-state index contributed by atoms with van der Waals surface area (Å²) in [6.07, 6.45) is 2.06. The summed E-state index contributed by atoms with van der Waals surface area (Å²) in [5.74, 6) is 2.36. The van der Waals surface area contributed by atoms with E-state index in [1.54, 1.807) is 0 Å². The Morgan fingerprint density at radius 1 is 1.35 bits per heavy atom. The van der Waals surface area contributed by atoms with Crippen molar-refractivity contribution in [3.05, 3.63) is 23.7 Å². The lowest BCUT2D eigenvalue weighted by Gasteiger charge is -2.14. The first-order valence-corrected chi connectivity index (χ1v) is 7.78. The van der Waals surface area contributed by atoms with Crippen LogP contribution in [0.5, 0.6) is 0 Å². The molecular weight excluding hydrogens is 272 g/mol. The van der Waals surface area contributed by atoms with Crippen LogP contribution < -0.4 is 0 Å². The van der Waals surface area contributed by atoms with Crippen LogP contribution in [0, 0.1) is 12.8 Å². The van der Waals surface area contributed by atoms with E-state index in [-0.39, 0.29) is 0 Å². The molecule has 0 N–H and O–H groups in total. The topological polar surface area (TPSA) is 34.0 Å². The Morgan fingerprint density at radius 2 is 2.20 bits per heavy atom. The van der Waals surface area contributed by atoms with Crippen molar-refractivity contribution in [1.82, 2.24) is 19.4 Å². The molecule has 1 aliphatic heterocycles. The Kier molecular flexibility index (Phi) is 3.94. The summed E-state index contributed by atoms with van der Waals surface area (Å²) in [5.41, 5.74) is 3.04. The van der Waals surface area contributed by atoms with Crippen LogP contribution in [0.3, 0.4) is 0 Å². The maximum absolute atomic E-state index is 5.92. The normalized spacial score (nSPS) is 20.1. The number of rotatable bonds is 4. The number of hydrogen-bond acceptors (Lipinski definition) is 3. The first-order valence-electron chi connectivity index (χ1n) is 7.24. The quantitative estimate of drug-likeness (QED) is 0.812. The highest BCUT2D eigenvalue weighted by Gasteiger charge is 2.22. The number of alkyl halides is 1. The van der Waals surface area contributed by atoms with Gasteiger partial charge in [-0.05, 0) is 45.0 Å². The van der Waals surface area contributed by atoms with Crippen molar-refractivity contribution in [2.75, 3.05) is 26.0 Å². The van der Waals surface area contributed by atoms with E-state index in [0.29, 0.717) is 11.8 Å². The number of aromatic nitrogens is 3. The van der Waals surface area contributed by atoms with Crippen LogP contribution in [0.25, 0.3) is 11.2 Å². The molecule has 1 saturated heterocycles. The number of halogens is 1. The molecule has 1 atom stereocenters. The summed E-state index contributed by atoms with van der Waals surface area (Å²) in [6, 6.07) is 4.08. The number of fused-ring (bicyclic) bond motifs is 1. The summed E-state index contributed by atoms with van der Waals surface area (Å²) >= 11 is 5.92. The average Bonchev–Trinajstić information content (AvgIpc) is 2.96. The van der Waals surface area contributed by atoms with Crippen molar-refractivity contribution in [3.8, 4) is 0 Å². The molecule has 0 bridgehead atoms. The SMILES string of the molecule is Cc1ccc2nc(CCCl)n(CC3CCN(C)C3)c2n1. The molecule has 20 heavy (non-hydrogen) atoms. The van der Waals surface area contributed by atoms with Gasteiger partial charge in [0.05, 0.1) is 0 Å². The minimum absolute atomic E-state index is 0.604. The van der Waals surface area contributed by atoms with Crippen molar-refractivity contribution in [2.45, 2.75) is 26.3 Å². The second-order valence-corrected chi connectivity index (χ2v) is 6.17. The molecular formula is C15H21ClN4.